The van der Waals surface area contributed by atoms with E-state index in [4.69, 9.17) is 9.47 Å². The maximum absolute atomic E-state index is 5.47. The van der Waals surface area contributed by atoms with Crippen LogP contribution in [0, 0.1) is 5.92 Å². The van der Waals surface area contributed by atoms with E-state index >= 15 is 0 Å². The zero-order valence-corrected chi connectivity index (χ0v) is 13.1. The summed E-state index contributed by atoms with van der Waals surface area (Å²) in [5.74, 6) is 0.248. The quantitative estimate of drug-likeness (QED) is 0.767. The third-order valence-electron chi connectivity index (χ3n) is 4.30. The predicted molar refractivity (Wildman–Crippen MR) is 86.6 cm³/mol. The highest BCUT2D eigenvalue weighted by Gasteiger charge is 2.37. The molecule has 0 radical (unpaired) electrons. The summed E-state index contributed by atoms with van der Waals surface area (Å²) in [6.07, 6.45) is 0. The minimum absolute atomic E-state index is 0.144. The molecule has 2 aromatic rings. The van der Waals surface area contributed by atoms with Crippen LogP contribution in [0.15, 0.2) is 60.7 Å². The second-order valence-electron chi connectivity index (χ2n) is 5.54. The van der Waals surface area contributed by atoms with Crippen molar-refractivity contribution in [1.82, 2.24) is 0 Å². The summed E-state index contributed by atoms with van der Waals surface area (Å²) >= 11 is 0. The smallest absolute Gasteiger partial charge is 0.0524 e. The average molecular weight is 284 g/mol. The Morgan fingerprint density at radius 2 is 1.14 bits per heavy atom. The van der Waals surface area contributed by atoms with Crippen LogP contribution < -0.4 is 0 Å². The molecular formula is C19H24O2. The van der Waals surface area contributed by atoms with Gasteiger partial charge in [-0.1, -0.05) is 67.6 Å². The van der Waals surface area contributed by atoms with E-state index in [0.717, 1.165) is 0 Å². The van der Waals surface area contributed by atoms with Gasteiger partial charge in [0, 0.05) is 25.6 Å². The molecule has 0 aliphatic heterocycles. The van der Waals surface area contributed by atoms with Crippen LogP contribution in [0.3, 0.4) is 0 Å². The normalized spacial score (nSPS) is 11.8. The Kier molecular flexibility index (Phi) is 5.54. The lowest BCUT2D eigenvalue weighted by Gasteiger charge is -2.38. The first kappa shape index (κ1) is 15.7. The molecule has 112 valence electrons. The van der Waals surface area contributed by atoms with Crippen LogP contribution >= 0.6 is 0 Å². The molecule has 2 nitrogen and oxygen atoms in total. The topological polar surface area (TPSA) is 18.5 Å². The van der Waals surface area contributed by atoms with Gasteiger partial charge in [0.15, 0.2) is 0 Å². The summed E-state index contributed by atoms with van der Waals surface area (Å²) in [6.45, 7) is 3.60. The van der Waals surface area contributed by atoms with Gasteiger partial charge in [0.2, 0.25) is 0 Å². The van der Waals surface area contributed by atoms with Crippen molar-refractivity contribution < 1.29 is 9.47 Å². The summed E-state index contributed by atoms with van der Waals surface area (Å²) in [6, 6.07) is 21.2. The van der Waals surface area contributed by atoms with Crippen molar-refractivity contribution in [3.63, 3.8) is 0 Å². The van der Waals surface area contributed by atoms with Gasteiger partial charge in [0.25, 0.3) is 0 Å². The fourth-order valence-corrected chi connectivity index (χ4v) is 2.99. The first-order valence-electron chi connectivity index (χ1n) is 7.32. The number of benzene rings is 2. The van der Waals surface area contributed by atoms with Gasteiger partial charge in [-0.2, -0.15) is 0 Å². The van der Waals surface area contributed by atoms with Crippen molar-refractivity contribution >= 4 is 0 Å². The van der Waals surface area contributed by atoms with Gasteiger partial charge in [-0.05, 0) is 11.1 Å². The van der Waals surface area contributed by atoms with Gasteiger partial charge >= 0.3 is 0 Å². The number of hydrogen-bond donors (Lipinski definition) is 0. The Labute approximate surface area is 127 Å². The van der Waals surface area contributed by atoms with Crippen molar-refractivity contribution in [2.24, 2.45) is 5.92 Å². The van der Waals surface area contributed by atoms with Crippen LogP contribution in [0.25, 0.3) is 0 Å². The number of hydrogen-bond acceptors (Lipinski definition) is 2. The number of ether oxygens (including phenoxy) is 2. The molecule has 0 saturated heterocycles. The minimum atomic E-state index is -0.144. The van der Waals surface area contributed by atoms with Gasteiger partial charge in [-0.3, -0.25) is 0 Å². The van der Waals surface area contributed by atoms with Crippen molar-refractivity contribution in [1.29, 1.82) is 0 Å². The van der Waals surface area contributed by atoms with Crippen LogP contribution in [0.2, 0.25) is 0 Å². The lowest BCUT2D eigenvalue weighted by Crippen LogP contribution is -2.39. The standard InChI is InChI=1S/C19H24O2/c1-19(16-10-6-4-7-11-16,17-12-8-5-9-13-17)18(14-20-2)15-21-3/h4-13,18H,14-15H2,1-3H3. The molecule has 2 rings (SSSR count). The van der Waals surface area contributed by atoms with E-state index in [1.165, 1.54) is 11.1 Å². The van der Waals surface area contributed by atoms with Crippen molar-refractivity contribution in [2.45, 2.75) is 12.3 Å². The Hall–Kier alpha value is -1.64. The summed E-state index contributed by atoms with van der Waals surface area (Å²) in [4.78, 5) is 0. The molecule has 0 bridgehead atoms. The van der Waals surface area contributed by atoms with Gasteiger partial charge in [0.05, 0.1) is 13.2 Å². The van der Waals surface area contributed by atoms with Crippen molar-refractivity contribution in [2.75, 3.05) is 27.4 Å². The van der Waals surface area contributed by atoms with Crippen LogP contribution in [0.1, 0.15) is 18.1 Å². The van der Waals surface area contributed by atoms with E-state index in [1.807, 2.05) is 0 Å². The number of rotatable bonds is 7. The highest BCUT2D eigenvalue weighted by molar-refractivity contribution is 5.39. The maximum atomic E-state index is 5.47. The molecule has 0 fully saturated rings. The lowest BCUT2D eigenvalue weighted by molar-refractivity contribution is 0.0553. The van der Waals surface area contributed by atoms with Crippen molar-refractivity contribution in [3.8, 4) is 0 Å². The van der Waals surface area contributed by atoms with E-state index in [-0.39, 0.29) is 11.3 Å². The van der Waals surface area contributed by atoms with Gasteiger partial charge in [-0.15, -0.1) is 0 Å². The zero-order valence-electron chi connectivity index (χ0n) is 13.1. The number of methoxy groups -OCH3 is 2. The molecule has 0 unspecified atom stereocenters. The van der Waals surface area contributed by atoms with Crippen LogP contribution in [0.5, 0.6) is 0 Å². The fourth-order valence-electron chi connectivity index (χ4n) is 2.99. The molecular weight excluding hydrogens is 260 g/mol. The summed E-state index contributed by atoms with van der Waals surface area (Å²) < 4.78 is 10.9. The first-order chi connectivity index (χ1) is 10.2. The van der Waals surface area contributed by atoms with E-state index < -0.39 is 0 Å². The van der Waals surface area contributed by atoms with Gasteiger partial charge in [-0.25, -0.2) is 0 Å². The van der Waals surface area contributed by atoms with E-state index in [9.17, 15) is 0 Å². The van der Waals surface area contributed by atoms with Crippen molar-refractivity contribution in [3.05, 3.63) is 71.8 Å². The van der Waals surface area contributed by atoms with Gasteiger partial charge < -0.3 is 9.47 Å². The van der Waals surface area contributed by atoms with Gasteiger partial charge in [0.1, 0.15) is 0 Å². The summed E-state index contributed by atoms with van der Waals surface area (Å²) in [5, 5.41) is 0. The predicted octanol–water partition coefficient (Wildman–Crippen LogP) is 3.90. The molecule has 0 aliphatic carbocycles. The summed E-state index contributed by atoms with van der Waals surface area (Å²) in [5.41, 5.74) is 2.43. The third kappa shape index (κ3) is 3.34. The van der Waals surface area contributed by atoms with Crippen LogP contribution in [-0.2, 0) is 14.9 Å². The van der Waals surface area contributed by atoms with E-state index in [1.54, 1.807) is 14.2 Å². The fraction of sp³-hybridized carbons (Fsp3) is 0.368. The molecule has 0 N–H and O–H groups in total. The molecule has 21 heavy (non-hydrogen) atoms. The largest absolute Gasteiger partial charge is 0.384 e. The Morgan fingerprint density at radius 3 is 1.48 bits per heavy atom. The zero-order chi connectivity index (χ0) is 15.1. The molecule has 0 atom stereocenters. The van der Waals surface area contributed by atoms with E-state index in [2.05, 4.69) is 67.6 Å². The third-order valence-corrected chi connectivity index (χ3v) is 4.30. The molecule has 0 amide bonds. The maximum Gasteiger partial charge on any atom is 0.0524 e. The van der Waals surface area contributed by atoms with Crippen LogP contribution in [0.4, 0.5) is 0 Å². The SMILES string of the molecule is COCC(COC)C(C)(c1ccccc1)c1ccccc1. The molecule has 0 saturated carbocycles. The Morgan fingerprint density at radius 1 is 0.762 bits per heavy atom. The Bertz CT molecular complexity index is 476. The molecule has 0 aromatic heterocycles. The first-order valence-corrected chi connectivity index (χ1v) is 7.32. The van der Waals surface area contributed by atoms with Crippen LogP contribution in [-0.4, -0.2) is 27.4 Å². The molecule has 0 aliphatic rings. The minimum Gasteiger partial charge on any atom is -0.384 e. The summed E-state index contributed by atoms with van der Waals surface area (Å²) in [7, 11) is 3.50. The second kappa shape index (κ2) is 7.39. The average Bonchev–Trinajstić information content (AvgIpc) is 2.55. The highest BCUT2D eigenvalue weighted by Crippen LogP contribution is 2.39. The Balaban J connectivity index is 2.53. The molecule has 0 heterocycles. The second-order valence-corrected chi connectivity index (χ2v) is 5.54. The monoisotopic (exact) mass is 284 g/mol. The molecule has 2 heteroatoms. The molecule has 2 aromatic carbocycles. The lowest BCUT2D eigenvalue weighted by atomic mass is 9.67. The molecule has 0 spiro atoms. The van der Waals surface area contributed by atoms with E-state index in [0.29, 0.717) is 13.2 Å². The highest BCUT2D eigenvalue weighted by atomic mass is 16.5.